The maximum Gasteiger partial charge on any atom is 0.123 e. The molecule has 2 heterocycles. The van der Waals surface area contributed by atoms with Gasteiger partial charge in [-0.25, -0.2) is 4.98 Å². The van der Waals surface area contributed by atoms with Crippen LogP contribution in [0.4, 0.5) is 0 Å². The largest absolute Gasteiger partial charge is 0.314 e. The predicted molar refractivity (Wildman–Crippen MR) is 87.7 cm³/mol. The first-order chi connectivity index (χ1) is 10.4. The number of thiazole rings is 1. The number of hydrogen-bond donors (Lipinski definition) is 1. The molecule has 2 aromatic rings. The summed E-state index contributed by atoms with van der Waals surface area (Å²) in [6, 6.07) is 8.96. The standard InChI is InChI=1S/C17H21N3S/c1-3-13(12-20-9-7-18-8-10-20)11-14(4-1)17-19-15-5-2-6-16(15)21-17/h1,3-4,11,18H,2,5-10,12H2. The summed E-state index contributed by atoms with van der Waals surface area (Å²) in [5.74, 6) is 0. The molecule has 4 heteroatoms. The minimum atomic E-state index is 1.06. The van der Waals surface area contributed by atoms with Crippen LogP contribution in [-0.2, 0) is 19.4 Å². The summed E-state index contributed by atoms with van der Waals surface area (Å²) in [5, 5.41) is 4.62. The average Bonchev–Trinajstić information content (AvgIpc) is 3.10. The van der Waals surface area contributed by atoms with E-state index in [4.69, 9.17) is 4.98 Å². The Morgan fingerprint density at radius 3 is 2.95 bits per heavy atom. The molecule has 0 bridgehead atoms. The number of piperazine rings is 1. The number of fused-ring (bicyclic) bond motifs is 1. The van der Waals surface area contributed by atoms with Gasteiger partial charge in [0, 0.05) is 43.2 Å². The Bertz CT molecular complexity index is 607. The zero-order valence-corrected chi connectivity index (χ0v) is 13.1. The van der Waals surface area contributed by atoms with Gasteiger partial charge in [-0.15, -0.1) is 11.3 Å². The zero-order valence-electron chi connectivity index (χ0n) is 12.3. The van der Waals surface area contributed by atoms with Crippen LogP contribution in [0, 0.1) is 0 Å². The van der Waals surface area contributed by atoms with Crippen molar-refractivity contribution in [2.24, 2.45) is 0 Å². The summed E-state index contributed by atoms with van der Waals surface area (Å²) >= 11 is 1.90. The van der Waals surface area contributed by atoms with Gasteiger partial charge in [-0.05, 0) is 30.9 Å². The summed E-state index contributed by atoms with van der Waals surface area (Å²) in [5.41, 5.74) is 4.05. The number of rotatable bonds is 3. The highest BCUT2D eigenvalue weighted by Gasteiger charge is 2.17. The smallest absolute Gasteiger partial charge is 0.123 e. The summed E-state index contributed by atoms with van der Waals surface area (Å²) in [4.78, 5) is 8.88. The van der Waals surface area contributed by atoms with Gasteiger partial charge in [0.15, 0.2) is 0 Å². The van der Waals surface area contributed by atoms with E-state index >= 15 is 0 Å². The molecule has 1 N–H and O–H groups in total. The minimum Gasteiger partial charge on any atom is -0.314 e. The maximum absolute atomic E-state index is 4.84. The van der Waals surface area contributed by atoms with Crippen molar-refractivity contribution in [2.45, 2.75) is 25.8 Å². The normalized spacial score (nSPS) is 18.9. The van der Waals surface area contributed by atoms with E-state index in [0.29, 0.717) is 0 Å². The van der Waals surface area contributed by atoms with E-state index in [1.54, 1.807) is 0 Å². The third-order valence-electron chi connectivity index (χ3n) is 4.39. The molecule has 0 radical (unpaired) electrons. The molecule has 0 amide bonds. The summed E-state index contributed by atoms with van der Waals surface area (Å²) in [6.07, 6.45) is 3.69. The highest BCUT2D eigenvalue weighted by molar-refractivity contribution is 7.15. The SMILES string of the molecule is c1cc(CN2CCNCC2)cc(-c2nc3c(s2)CCC3)c1. The molecule has 0 unspecified atom stereocenters. The van der Waals surface area contributed by atoms with Crippen LogP contribution in [-0.4, -0.2) is 36.1 Å². The van der Waals surface area contributed by atoms with E-state index in [-0.39, 0.29) is 0 Å². The number of aromatic nitrogens is 1. The first-order valence-corrected chi connectivity index (χ1v) is 8.71. The van der Waals surface area contributed by atoms with Crippen molar-refractivity contribution < 1.29 is 0 Å². The van der Waals surface area contributed by atoms with Crippen molar-refractivity contribution in [3.05, 3.63) is 40.4 Å². The lowest BCUT2D eigenvalue weighted by Crippen LogP contribution is -2.42. The fraction of sp³-hybridized carbons (Fsp3) is 0.471. The Morgan fingerprint density at radius 2 is 2.10 bits per heavy atom. The molecule has 21 heavy (non-hydrogen) atoms. The van der Waals surface area contributed by atoms with Gasteiger partial charge in [0.25, 0.3) is 0 Å². The third-order valence-corrected chi connectivity index (χ3v) is 5.59. The second-order valence-electron chi connectivity index (χ2n) is 5.97. The lowest BCUT2D eigenvalue weighted by Gasteiger charge is -2.27. The van der Waals surface area contributed by atoms with E-state index in [1.807, 2.05) is 11.3 Å². The molecular formula is C17H21N3S. The number of nitrogens with one attached hydrogen (secondary N) is 1. The van der Waals surface area contributed by atoms with E-state index in [0.717, 1.165) is 32.7 Å². The molecule has 1 fully saturated rings. The molecule has 1 aliphatic carbocycles. The highest BCUT2D eigenvalue weighted by Crippen LogP contribution is 2.33. The Morgan fingerprint density at radius 1 is 1.19 bits per heavy atom. The lowest BCUT2D eigenvalue weighted by molar-refractivity contribution is 0.233. The van der Waals surface area contributed by atoms with Crippen LogP contribution < -0.4 is 5.32 Å². The molecule has 1 aromatic heterocycles. The van der Waals surface area contributed by atoms with E-state index in [2.05, 4.69) is 34.5 Å². The molecule has 0 spiro atoms. The van der Waals surface area contributed by atoms with Crippen molar-refractivity contribution in [1.82, 2.24) is 15.2 Å². The topological polar surface area (TPSA) is 28.2 Å². The second kappa shape index (κ2) is 5.87. The molecule has 0 saturated carbocycles. The van der Waals surface area contributed by atoms with Gasteiger partial charge in [-0.2, -0.15) is 0 Å². The fourth-order valence-electron chi connectivity index (χ4n) is 3.24. The predicted octanol–water partition coefficient (Wildman–Crippen LogP) is 2.70. The van der Waals surface area contributed by atoms with Crippen molar-refractivity contribution in [1.29, 1.82) is 0 Å². The highest BCUT2D eigenvalue weighted by atomic mass is 32.1. The van der Waals surface area contributed by atoms with Crippen molar-refractivity contribution >= 4 is 11.3 Å². The van der Waals surface area contributed by atoms with Gasteiger partial charge in [0.05, 0.1) is 5.69 Å². The van der Waals surface area contributed by atoms with Crippen LogP contribution in [0.2, 0.25) is 0 Å². The quantitative estimate of drug-likeness (QED) is 0.944. The van der Waals surface area contributed by atoms with Crippen LogP contribution >= 0.6 is 11.3 Å². The van der Waals surface area contributed by atoms with Crippen LogP contribution in [0.15, 0.2) is 24.3 Å². The van der Waals surface area contributed by atoms with Gasteiger partial charge in [-0.3, -0.25) is 4.90 Å². The zero-order chi connectivity index (χ0) is 14.1. The monoisotopic (exact) mass is 299 g/mol. The first kappa shape index (κ1) is 13.4. The Balaban J connectivity index is 1.54. The first-order valence-electron chi connectivity index (χ1n) is 7.89. The Labute approximate surface area is 130 Å². The minimum absolute atomic E-state index is 1.06. The molecule has 0 atom stereocenters. The van der Waals surface area contributed by atoms with Crippen LogP contribution in [0.5, 0.6) is 0 Å². The molecule has 110 valence electrons. The molecule has 1 aromatic carbocycles. The Kier molecular flexibility index (Phi) is 3.76. The Hall–Kier alpha value is -1.23. The number of benzene rings is 1. The van der Waals surface area contributed by atoms with Gasteiger partial charge < -0.3 is 5.32 Å². The van der Waals surface area contributed by atoms with Gasteiger partial charge in [0.1, 0.15) is 5.01 Å². The summed E-state index contributed by atoms with van der Waals surface area (Å²) < 4.78 is 0. The van der Waals surface area contributed by atoms with E-state index in [1.165, 1.54) is 46.0 Å². The number of hydrogen-bond acceptors (Lipinski definition) is 4. The molecule has 4 rings (SSSR count). The molecule has 1 aliphatic heterocycles. The average molecular weight is 299 g/mol. The van der Waals surface area contributed by atoms with Crippen molar-refractivity contribution in [2.75, 3.05) is 26.2 Å². The van der Waals surface area contributed by atoms with E-state index < -0.39 is 0 Å². The van der Waals surface area contributed by atoms with Crippen LogP contribution in [0.1, 0.15) is 22.6 Å². The van der Waals surface area contributed by atoms with E-state index in [9.17, 15) is 0 Å². The maximum atomic E-state index is 4.84. The lowest BCUT2D eigenvalue weighted by atomic mass is 10.1. The fourth-order valence-corrected chi connectivity index (χ4v) is 4.39. The second-order valence-corrected chi connectivity index (χ2v) is 7.05. The van der Waals surface area contributed by atoms with Crippen molar-refractivity contribution in [3.8, 4) is 10.6 Å². The molecule has 2 aliphatic rings. The van der Waals surface area contributed by atoms with Crippen LogP contribution in [0.25, 0.3) is 10.6 Å². The molecule has 3 nitrogen and oxygen atoms in total. The molecule has 1 saturated heterocycles. The van der Waals surface area contributed by atoms with Crippen LogP contribution in [0.3, 0.4) is 0 Å². The summed E-state index contributed by atoms with van der Waals surface area (Å²) in [7, 11) is 0. The van der Waals surface area contributed by atoms with Crippen molar-refractivity contribution in [3.63, 3.8) is 0 Å². The molecular weight excluding hydrogens is 278 g/mol. The van der Waals surface area contributed by atoms with Gasteiger partial charge >= 0.3 is 0 Å². The van der Waals surface area contributed by atoms with Gasteiger partial charge in [0.2, 0.25) is 0 Å². The number of nitrogens with zero attached hydrogens (tertiary/aromatic N) is 2. The number of aryl methyl sites for hydroxylation is 2. The van der Waals surface area contributed by atoms with Gasteiger partial charge in [-0.1, -0.05) is 18.2 Å². The summed E-state index contributed by atoms with van der Waals surface area (Å²) in [6.45, 7) is 5.57. The third kappa shape index (κ3) is 2.89.